The van der Waals surface area contributed by atoms with Crippen LogP contribution < -0.4 is 65.6 Å². The number of rotatable bonds is 12. The first kappa shape index (κ1) is 46.1. The second kappa shape index (κ2) is 19.9. The van der Waals surface area contributed by atoms with Gasteiger partial charge in [-0.3, -0.25) is 0 Å². The number of nitrogens with zero attached hydrogens (tertiary/aromatic N) is 18. The van der Waals surface area contributed by atoms with Gasteiger partial charge in [0.1, 0.15) is 17.1 Å². The van der Waals surface area contributed by atoms with Crippen molar-refractivity contribution in [3.63, 3.8) is 0 Å². The zero-order chi connectivity index (χ0) is 40.2. The molecule has 0 bridgehead atoms. The first-order valence-electron chi connectivity index (χ1n) is 18.0. The molecule has 0 N–H and O–H groups in total. The van der Waals surface area contributed by atoms with Gasteiger partial charge in [-0.2, -0.15) is 15.0 Å². The van der Waals surface area contributed by atoms with Crippen molar-refractivity contribution < 1.29 is 50.9 Å². The fourth-order valence-electron chi connectivity index (χ4n) is 5.85. The van der Waals surface area contributed by atoms with Crippen LogP contribution in [0.5, 0.6) is 0 Å². The lowest BCUT2D eigenvalue weighted by atomic mass is 10.2. The number of imidazole rings is 3. The Morgan fingerprint density at radius 1 is 0.400 bits per heavy atom. The summed E-state index contributed by atoms with van der Waals surface area (Å²) in [5, 5.41) is 26.6. The molecule has 0 unspecified atom stereocenters. The SMILES string of the molecule is CN(c1ccc(N=Nc2n(C)cc[n+]2C)cc1)c1nc(N(C)c2ccc(N=Nc3n(C)cc[n+]3C)cc2)nc(N(C)c2ccc(N=Nc3n(C)cc[n+]3C)cc2)n1.[Cl-].[Cl-].[Cl-]. The second-order valence-corrected chi connectivity index (χ2v) is 13.5. The van der Waals surface area contributed by atoms with Gasteiger partial charge in [0.2, 0.25) is 17.8 Å². The summed E-state index contributed by atoms with van der Waals surface area (Å²) >= 11 is 0. The summed E-state index contributed by atoms with van der Waals surface area (Å²) < 4.78 is 11.5. The summed E-state index contributed by atoms with van der Waals surface area (Å²) in [6.45, 7) is 0. The maximum Gasteiger partial charge on any atom is 0.421 e. The van der Waals surface area contributed by atoms with Crippen LogP contribution in [0.25, 0.3) is 0 Å². The maximum atomic E-state index is 4.94. The minimum absolute atomic E-state index is 0. The van der Waals surface area contributed by atoms with Crippen LogP contribution in [-0.4, -0.2) is 49.8 Å². The summed E-state index contributed by atoms with van der Waals surface area (Å²) in [6.07, 6.45) is 11.6. The van der Waals surface area contributed by atoms with Gasteiger partial charge in [0.05, 0.1) is 79.5 Å². The predicted molar refractivity (Wildman–Crippen MR) is 216 cm³/mol. The molecule has 0 amide bonds. The lowest BCUT2D eigenvalue weighted by molar-refractivity contribution is -0.657. The van der Waals surface area contributed by atoms with E-state index in [1.54, 1.807) is 0 Å². The Kier molecular flexibility index (Phi) is 15.3. The van der Waals surface area contributed by atoms with Crippen LogP contribution in [0.3, 0.4) is 0 Å². The molecule has 0 spiro atoms. The largest absolute Gasteiger partial charge is 1.00 e. The van der Waals surface area contributed by atoms with E-state index < -0.39 is 0 Å². The normalized spacial score (nSPS) is 11.2. The van der Waals surface area contributed by atoms with Gasteiger partial charge in [0.15, 0.2) is 0 Å². The first-order valence-corrected chi connectivity index (χ1v) is 18.0. The molecule has 7 rings (SSSR count). The molecule has 312 valence electrons. The van der Waals surface area contributed by atoms with E-state index in [9.17, 15) is 0 Å². The number of anilines is 6. The molecule has 0 aliphatic heterocycles. The summed E-state index contributed by atoms with van der Waals surface area (Å²) in [6, 6.07) is 23.2. The van der Waals surface area contributed by atoms with Gasteiger partial charge in [-0.05, 0) is 72.8 Å². The van der Waals surface area contributed by atoms with Gasteiger partial charge >= 0.3 is 17.8 Å². The minimum atomic E-state index is 0. The van der Waals surface area contributed by atoms with Crippen molar-refractivity contribution >= 4 is 69.8 Å². The van der Waals surface area contributed by atoms with E-state index in [2.05, 4.69) is 30.7 Å². The zero-order valence-electron chi connectivity index (χ0n) is 34.6. The Labute approximate surface area is 366 Å². The molecule has 0 fully saturated rings. The van der Waals surface area contributed by atoms with Crippen LogP contribution >= 0.6 is 0 Å². The summed E-state index contributed by atoms with van der Waals surface area (Å²) in [7, 11) is 17.3. The molecular formula is C39H45Cl3N18. The van der Waals surface area contributed by atoms with Crippen LogP contribution in [0.1, 0.15) is 0 Å². The maximum absolute atomic E-state index is 4.94. The van der Waals surface area contributed by atoms with Crippen LogP contribution in [0.2, 0.25) is 0 Å². The molecule has 4 aromatic heterocycles. The Bertz CT molecular complexity index is 2240. The number of hydrogen-bond donors (Lipinski definition) is 0. The molecule has 0 aliphatic rings. The monoisotopic (exact) mass is 870 g/mol. The number of aromatic nitrogens is 9. The van der Waals surface area contributed by atoms with Crippen molar-refractivity contribution in [3.8, 4) is 0 Å². The lowest BCUT2D eigenvalue weighted by Crippen LogP contribution is -3.00. The van der Waals surface area contributed by atoms with Crippen LogP contribution in [-0.2, 0) is 42.3 Å². The van der Waals surface area contributed by atoms with E-state index in [4.69, 9.17) is 15.0 Å². The molecule has 3 aromatic carbocycles. The van der Waals surface area contributed by atoms with E-state index in [0.717, 1.165) is 34.9 Å². The van der Waals surface area contributed by atoms with Crippen molar-refractivity contribution in [1.82, 2.24) is 28.7 Å². The first-order chi connectivity index (χ1) is 27.4. The highest BCUT2D eigenvalue weighted by Crippen LogP contribution is 2.32. The van der Waals surface area contributed by atoms with E-state index in [0.29, 0.717) is 34.9 Å². The predicted octanol–water partition coefficient (Wildman–Crippen LogP) is -2.08. The van der Waals surface area contributed by atoms with Gasteiger partial charge in [0, 0.05) is 53.5 Å². The lowest BCUT2D eigenvalue weighted by Gasteiger charge is -2.24. The molecule has 7 aromatic rings. The van der Waals surface area contributed by atoms with Crippen molar-refractivity contribution in [1.29, 1.82) is 0 Å². The Morgan fingerprint density at radius 2 is 0.633 bits per heavy atom. The topological polar surface area (TPSA) is 149 Å². The fraction of sp³-hybridized carbons (Fsp3) is 0.231. The third-order valence-electron chi connectivity index (χ3n) is 9.41. The number of azo groups is 3. The highest BCUT2D eigenvalue weighted by atomic mass is 35.5. The van der Waals surface area contributed by atoms with Crippen molar-refractivity contribution in [2.45, 2.75) is 0 Å². The average molecular weight is 872 g/mol. The molecule has 60 heavy (non-hydrogen) atoms. The summed E-state index contributed by atoms with van der Waals surface area (Å²) in [4.78, 5) is 20.6. The van der Waals surface area contributed by atoms with Crippen LogP contribution in [0.15, 0.2) is 141 Å². The highest BCUT2D eigenvalue weighted by Gasteiger charge is 2.20. The molecule has 0 radical (unpaired) electrons. The van der Waals surface area contributed by atoms with E-state index in [1.807, 2.05) is 216 Å². The molecular weight excluding hydrogens is 827 g/mol. The smallest absolute Gasteiger partial charge is 0.421 e. The minimum Gasteiger partial charge on any atom is -1.00 e. The van der Waals surface area contributed by atoms with Crippen LogP contribution in [0.4, 0.5) is 69.8 Å². The molecule has 18 nitrogen and oxygen atoms in total. The van der Waals surface area contributed by atoms with E-state index in [-0.39, 0.29) is 37.2 Å². The van der Waals surface area contributed by atoms with E-state index in [1.165, 1.54) is 0 Å². The van der Waals surface area contributed by atoms with Crippen molar-refractivity contribution in [2.75, 3.05) is 35.8 Å². The fourth-order valence-corrected chi connectivity index (χ4v) is 5.85. The Hall–Kier alpha value is -6.63. The molecule has 0 saturated heterocycles. The Morgan fingerprint density at radius 3 is 0.833 bits per heavy atom. The van der Waals surface area contributed by atoms with Gasteiger partial charge in [-0.25, -0.2) is 27.4 Å². The summed E-state index contributed by atoms with van der Waals surface area (Å²) in [5.74, 6) is 3.53. The molecule has 4 heterocycles. The zero-order valence-corrected chi connectivity index (χ0v) is 36.8. The number of benzene rings is 3. The number of hydrogen-bond acceptors (Lipinski definition) is 12. The van der Waals surface area contributed by atoms with Crippen molar-refractivity contribution in [2.24, 2.45) is 73.0 Å². The van der Waals surface area contributed by atoms with Gasteiger partial charge in [-0.1, -0.05) is 15.3 Å². The number of halogens is 3. The van der Waals surface area contributed by atoms with Gasteiger partial charge < -0.3 is 51.9 Å². The van der Waals surface area contributed by atoms with Crippen molar-refractivity contribution in [3.05, 3.63) is 110 Å². The molecule has 0 saturated carbocycles. The number of aryl methyl sites for hydroxylation is 6. The Balaban J connectivity index is 0.00000265. The van der Waals surface area contributed by atoms with Gasteiger partial charge in [-0.15, -0.1) is 0 Å². The third-order valence-corrected chi connectivity index (χ3v) is 9.41. The summed E-state index contributed by atoms with van der Waals surface area (Å²) in [5.41, 5.74) is 4.71. The highest BCUT2D eigenvalue weighted by molar-refractivity contribution is 5.67. The van der Waals surface area contributed by atoms with Crippen LogP contribution in [0, 0.1) is 0 Å². The quantitative estimate of drug-likeness (QED) is 0.102. The molecule has 21 heteroatoms. The molecule has 0 atom stereocenters. The van der Waals surface area contributed by atoms with Gasteiger partial charge in [0.25, 0.3) is 0 Å². The van der Waals surface area contributed by atoms with E-state index >= 15 is 0 Å². The molecule has 0 aliphatic carbocycles. The standard InChI is InChI=1S/C39H45N18.3ClH/c1-49-22-23-50(2)37(49)46-43-28-10-16-31(17-11-28)55(7)34-40-35(56(8)32-18-12-29(13-19-32)44-47-38-51(3)24-25-52(38)4)42-36(41-34)57(9)33-20-14-30(15-21-33)45-48-39-53(5)26-27-54(39)6;;;/h10-27H,1-9H3;3*1H/q+3;;;/p-3. The third kappa shape index (κ3) is 10.1. The second-order valence-electron chi connectivity index (χ2n) is 13.5. The average Bonchev–Trinajstić information content (AvgIpc) is 3.86.